The van der Waals surface area contributed by atoms with E-state index < -0.39 is 11.2 Å². The first kappa shape index (κ1) is 40.4. The van der Waals surface area contributed by atoms with Gasteiger partial charge in [-0.15, -0.1) is 0 Å². The number of halogens is 1. The Morgan fingerprint density at radius 2 is 1.67 bits per heavy atom. The van der Waals surface area contributed by atoms with E-state index in [2.05, 4.69) is 64.7 Å². The van der Waals surface area contributed by atoms with Gasteiger partial charge >= 0.3 is 5.69 Å². The highest BCUT2D eigenvalue weighted by Crippen LogP contribution is 2.55. The maximum Gasteiger partial charge on any atom is 0.333 e. The molecule has 3 heterocycles. The number of benzene rings is 2. The molecule has 1 fully saturated rings. The predicted molar refractivity (Wildman–Crippen MR) is 217 cm³/mol. The number of ether oxygens (including phenoxy) is 2. The number of carbonyl (C=O) groups is 1. The fraction of sp³-hybridized carbons (Fsp3) is 0.357. The van der Waals surface area contributed by atoms with E-state index in [1.807, 2.05) is 18.2 Å². The summed E-state index contributed by atoms with van der Waals surface area (Å²) < 4.78 is 13.5. The maximum absolute atomic E-state index is 13.2. The van der Waals surface area contributed by atoms with Crippen molar-refractivity contribution in [1.29, 1.82) is 10.5 Å². The Balaban J connectivity index is 0.868. The zero-order valence-electron chi connectivity index (χ0n) is 32.2. The Labute approximate surface area is 334 Å². The highest BCUT2D eigenvalue weighted by atomic mass is 35.5. The molecule has 294 valence electrons. The number of rotatable bonds is 16. The number of nitrogens with one attached hydrogen (secondary N) is 4. The molecule has 0 radical (unpaired) electrons. The molecule has 3 aromatic heterocycles. The first-order valence-electron chi connectivity index (χ1n) is 18.7. The zero-order valence-corrected chi connectivity index (χ0v) is 32.9. The molecule has 0 saturated heterocycles. The Bertz CT molecular complexity index is 2450. The van der Waals surface area contributed by atoms with Crippen LogP contribution >= 0.6 is 11.6 Å². The Morgan fingerprint density at radius 3 is 2.39 bits per heavy atom. The van der Waals surface area contributed by atoms with E-state index in [9.17, 15) is 24.9 Å². The van der Waals surface area contributed by atoms with Crippen LogP contribution < -0.4 is 36.7 Å². The van der Waals surface area contributed by atoms with Gasteiger partial charge in [0.25, 0.3) is 11.5 Å². The molecule has 6 rings (SSSR count). The van der Waals surface area contributed by atoms with Crippen LogP contribution in [0.1, 0.15) is 68.4 Å². The first-order chi connectivity index (χ1) is 27.3. The number of amides is 1. The van der Waals surface area contributed by atoms with Crippen LogP contribution in [0.2, 0.25) is 5.02 Å². The van der Waals surface area contributed by atoms with Crippen molar-refractivity contribution in [1.82, 2.24) is 30.2 Å². The first-order valence-corrected chi connectivity index (χ1v) is 19.1. The van der Waals surface area contributed by atoms with Gasteiger partial charge in [-0.3, -0.25) is 24.1 Å². The smallest absolute Gasteiger partial charge is 0.333 e. The quantitative estimate of drug-likeness (QED) is 0.0891. The van der Waals surface area contributed by atoms with Crippen LogP contribution in [0.15, 0.2) is 82.8 Å². The van der Waals surface area contributed by atoms with Crippen molar-refractivity contribution >= 4 is 34.2 Å². The second-order valence-electron chi connectivity index (χ2n) is 15.2. The molecule has 15 heteroatoms. The van der Waals surface area contributed by atoms with Crippen molar-refractivity contribution in [3.8, 4) is 29.3 Å². The van der Waals surface area contributed by atoms with Gasteiger partial charge in [0.1, 0.15) is 41.1 Å². The molecule has 2 aromatic carbocycles. The van der Waals surface area contributed by atoms with Crippen LogP contribution in [0.4, 0.5) is 5.82 Å². The molecule has 0 spiro atoms. The van der Waals surface area contributed by atoms with E-state index in [1.165, 1.54) is 17.0 Å². The number of carbonyl (C=O) groups excluding carboxylic acids is 1. The zero-order chi connectivity index (χ0) is 40.7. The van der Waals surface area contributed by atoms with Gasteiger partial charge < -0.3 is 25.4 Å². The third-order valence-corrected chi connectivity index (χ3v) is 10.6. The van der Waals surface area contributed by atoms with Crippen molar-refractivity contribution in [2.75, 3.05) is 31.6 Å². The number of pyridine rings is 2. The third-order valence-electron chi connectivity index (χ3n) is 10.3. The summed E-state index contributed by atoms with van der Waals surface area (Å²) in [7, 11) is 0. The second kappa shape index (κ2) is 17.3. The Morgan fingerprint density at radius 1 is 0.895 bits per heavy atom. The van der Waals surface area contributed by atoms with E-state index in [0.717, 1.165) is 37.7 Å². The van der Waals surface area contributed by atoms with Crippen LogP contribution in [0.5, 0.6) is 11.5 Å². The van der Waals surface area contributed by atoms with Gasteiger partial charge in [-0.1, -0.05) is 39.3 Å². The van der Waals surface area contributed by atoms with Gasteiger partial charge in [-0.05, 0) is 74.3 Å². The standard InChI is InChI=1S/C42H44ClN9O5/c1-41(2)38(42(3,4)39(41)57-32-10-8-26(21-44)33(43)20-32)50-36(53)27-9-13-35(49-23-27)47-16-15-46-14-6-5-7-17-56-31-11-12-34-28(19-31)18-30(24-48-34)52-25-29(22-45)37(54)51-40(52)55/h8-13,18-20,23-25,38-39,46H,5-7,14-17H2,1-4H3,(H,47,49)(H,50,53)(H,51,54,55). The number of anilines is 1. The van der Waals surface area contributed by atoms with Crippen LogP contribution in [-0.2, 0) is 0 Å². The van der Waals surface area contributed by atoms with Crippen LogP contribution in [0, 0.1) is 33.5 Å². The molecule has 4 N–H and O–H groups in total. The van der Waals surface area contributed by atoms with Gasteiger partial charge in [-0.25, -0.2) is 9.78 Å². The highest BCUT2D eigenvalue weighted by Gasteiger charge is 2.64. The number of unbranched alkanes of at least 4 members (excludes halogenated alkanes) is 2. The second-order valence-corrected chi connectivity index (χ2v) is 15.6. The summed E-state index contributed by atoms with van der Waals surface area (Å²) in [5, 5.41) is 29.4. The van der Waals surface area contributed by atoms with Gasteiger partial charge in [0, 0.05) is 53.8 Å². The number of fused-ring (bicyclic) bond motifs is 1. The van der Waals surface area contributed by atoms with Gasteiger partial charge in [-0.2, -0.15) is 10.5 Å². The topological polar surface area (TPSA) is 200 Å². The minimum absolute atomic E-state index is 0.155. The molecule has 0 unspecified atom stereocenters. The van der Waals surface area contributed by atoms with Crippen LogP contribution in [0.25, 0.3) is 16.6 Å². The Kier molecular flexibility index (Phi) is 12.3. The number of hydrogen-bond acceptors (Lipinski definition) is 11. The van der Waals surface area contributed by atoms with Crippen molar-refractivity contribution in [2.24, 2.45) is 10.8 Å². The average Bonchev–Trinajstić information content (AvgIpc) is 3.19. The van der Waals surface area contributed by atoms with E-state index in [1.54, 1.807) is 48.7 Å². The highest BCUT2D eigenvalue weighted by molar-refractivity contribution is 6.31. The van der Waals surface area contributed by atoms with Crippen molar-refractivity contribution in [2.45, 2.75) is 59.1 Å². The fourth-order valence-corrected chi connectivity index (χ4v) is 7.84. The predicted octanol–water partition coefficient (Wildman–Crippen LogP) is 5.73. The normalized spacial score (nSPS) is 16.5. The number of H-pyrrole nitrogens is 1. The monoisotopic (exact) mass is 789 g/mol. The summed E-state index contributed by atoms with van der Waals surface area (Å²) in [4.78, 5) is 48.3. The molecule has 5 aromatic rings. The molecule has 0 aliphatic heterocycles. The van der Waals surface area contributed by atoms with Gasteiger partial charge in [0.05, 0.1) is 40.2 Å². The number of aromatic amines is 1. The minimum atomic E-state index is -0.730. The molecule has 1 saturated carbocycles. The summed E-state index contributed by atoms with van der Waals surface area (Å²) in [5.41, 5.74) is -0.298. The minimum Gasteiger partial charge on any atom is -0.494 e. The summed E-state index contributed by atoms with van der Waals surface area (Å²) in [6, 6.07) is 19.6. The van der Waals surface area contributed by atoms with Crippen LogP contribution in [-0.4, -0.2) is 63.8 Å². The molecule has 1 aliphatic rings. The summed E-state index contributed by atoms with van der Waals surface area (Å²) in [5.74, 6) is 1.75. The molecule has 0 atom stereocenters. The van der Waals surface area contributed by atoms with E-state index in [4.69, 9.17) is 21.1 Å². The molecule has 1 aliphatic carbocycles. The largest absolute Gasteiger partial charge is 0.494 e. The lowest BCUT2D eigenvalue weighted by molar-refractivity contribution is -0.164. The van der Waals surface area contributed by atoms with Crippen molar-refractivity contribution in [3.05, 3.63) is 116 Å². The number of nitrogens with zero attached hydrogens (tertiary/aromatic N) is 5. The van der Waals surface area contributed by atoms with Crippen molar-refractivity contribution in [3.63, 3.8) is 0 Å². The van der Waals surface area contributed by atoms with Gasteiger partial charge in [0.15, 0.2) is 0 Å². The molecule has 1 amide bonds. The molecular formula is C42H44ClN9O5. The number of aromatic nitrogens is 4. The maximum atomic E-state index is 13.2. The van der Waals surface area contributed by atoms with E-state index >= 15 is 0 Å². The average molecular weight is 790 g/mol. The number of hydrogen-bond donors (Lipinski definition) is 4. The molecule has 0 bridgehead atoms. The van der Waals surface area contributed by atoms with E-state index in [0.29, 0.717) is 57.8 Å². The summed E-state index contributed by atoms with van der Waals surface area (Å²) in [6.07, 6.45) is 6.94. The SMILES string of the molecule is CC1(C)C(NC(=O)c2ccc(NCCNCCCCCOc3ccc4ncc(-n5cc(C#N)c(=O)[nH]c5=O)cc4c3)nc2)C(C)(C)C1Oc1ccc(C#N)c(Cl)c1. The molecular weight excluding hydrogens is 746 g/mol. The lowest BCUT2D eigenvalue weighted by Gasteiger charge is -2.63. The van der Waals surface area contributed by atoms with Gasteiger partial charge in [0.2, 0.25) is 0 Å². The fourth-order valence-electron chi connectivity index (χ4n) is 7.63. The lowest BCUT2D eigenvalue weighted by Crippen LogP contribution is -2.74. The number of nitriles is 2. The Hall–Kier alpha value is -6.22. The van der Waals surface area contributed by atoms with Crippen LogP contribution in [0.3, 0.4) is 0 Å². The summed E-state index contributed by atoms with van der Waals surface area (Å²) >= 11 is 6.22. The molecule has 57 heavy (non-hydrogen) atoms. The van der Waals surface area contributed by atoms with Crippen molar-refractivity contribution < 1.29 is 14.3 Å². The summed E-state index contributed by atoms with van der Waals surface area (Å²) in [6.45, 7) is 11.1. The molecule has 14 nitrogen and oxygen atoms in total. The third kappa shape index (κ3) is 9.10. The lowest BCUT2D eigenvalue weighted by atomic mass is 9.49. The van der Waals surface area contributed by atoms with E-state index in [-0.39, 0.29) is 34.4 Å².